The summed E-state index contributed by atoms with van der Waals surface area (Å²) in [6, 6.07) is 14.6. The summed E-state index contributed by atoms with van der Waals surface area (Å²) in [5, 5.41) is 14.2. The number of carbonyl (C=O) groups is 2. The summed E-state index contributed by atoms with van der Waals surface area (Å²) in [7, 11) is 0. The second-order valence-electron chi connectivity index (χ2n) is 15.2. The molecule has 258 valence electrons. The molecule has 0 bridgehead atoms. The van der Waals surface area contributed by atoms with Crippen LogP contribution < -0.4 is 5.32 Å². The first-order valence-electron chi connectivity index (χ1n) is 16.6. The van der Waals surface area contributed by atoms with E-state index in [1.807, 2.05) is 12.1 Å². The van der Waals surface area contributed by atoms with Crippen molar-refractivity contribution in [3.05, 3.63) is 88.0 Å². The van der Waals surface area contributed by atoms with Crippen molar-refractivity contribution in [3.8, 4) is 0 Å². The fraction of sp³-hybridized carbons (Fsp3) is 0.526. The van der Waals surface area contributed by atoms with Gasteiger partial charge in [0.25, 0.3) is 0 Å². The zero-order valence-electron chi connectivity index (χ0n) is 27.6. The molecule has 0 saturated heterocycles. The van der Waals surface area contributed by atoms with Gasteiger partial charge < -0.3 is 9.84 Å². The molecule has 2 aromatic carbocycles. The van der Waals surface area contributed by atoms with Crippen molar-refractivity contribution in [2.75, 3.05) is 5.32 Å². The van der Waals surface area contributed by atoms with Gasteiger partial charge in [-0.25, -0.2) is 4.79 Å². The molecule has 0 radical (unpaired) electrons. The van der Waals surface area contributed by atoms with Crippen LogP contribution in [0, 0.1) is 17.3 Å². The van der Waals surface area contributed by atoms with Gasteiger partial charge in [0.05, 0.1) is 0 Å². The van der Waals surface area contributed by atoms with E-state index in [-0.39, 0.29) is 36.6 Å². The third kappa shape index (κ3) is 5.67. The van der Waals surface area contributed by atoms with Gasteiger partial charge in [-0.3, -0.25) is 10.1 Å². The van der Waals surface area contributed by atoms with Crippen LogP contribution in [0.4, 0.5) is 32.4 Å². The van der Waals surface area contributed by atoms with Crippen LogP contribution in [-0.4, -0.2) is 34.7 Å². The third-order valence-corrected chi connectivity index (χ3v) is 11.5. The molecular weight excluding hydrogens is 629 g/mol. The van der Waals surface area contributed by atoms with Gasteiger partial charge in [0.1, 0.15) is 12.2 Å². The minimum Gasteiger partial charge on any atom is -0.444 e. The Kier molecular flexibility index (Phi) is 8.45. The zero-order valence-corrected chi connectivity index (χ0v) is 27.6. The van der Waals surface area contributed by atoms with Gasteiger partial charge in [0.15, 0.2) is 5.78 Å². The summed E-state index contributed by atoms with van der Waals surface area (Å²) in [6.45, 7) is 7.65. The molecule has 10 heteroatoms. The molecule has 2 N–H and O–H groups in total. The van der Waals surface area contributed by atoms with Gasteiger partial charge in [-0.15, -0.1) is 0 Å². The SMILES string of the molecule is CC(C)(C)c1ccc(NC(=O)OCc2ccc([C@H]3C[C@@]4(C)C(CC[C@@]4(O)C(F)(F)C(F)(F)F)C4CCC5=CC(=O)CCC5=C43)cc2)cc1. The highest BCUT2D eigenvalue weighted by Gasteiger charge is 2.79. The summed E-state index contributed by atoms with van der Waals surface area (Å²) in [6.07, 6.45) is -3.69. The molecule has 2 aromatic rings. The lowest BCUT2D eigenvalue weighted by Crippen LogP contribution is -2.65. The maximum atomic E-state index is 15.2. The Morgan fingerprint density at radius 2 is 1.62 bits per heavy atom. The molecule has 5 atom stereocenters. The zero-order chi connectivity index (χ0) is 34.9. The number of aliphatic hydroxyl groups is 1. The predicted octanol–water partition coefficient (Wildman–Crippen LogP) is 9.56. The summed E-state index contributed by atoms with van der Waals surface area (Å²) in [4.78, 5) is 24.8. The van der Waals surface area contributed by atoms with Crippen molar-refractivity contribution in [2.45, 2.75) is 108 Å². The molecule has 0 aromatic heterocycles. The van der Waals surface area contributed by atoms with E-state index in [0.29, 0.717) is 36.9 Å². The first-order valence-corrected chi connectivity index (χ1v) is 16.6. The lowest BCUT2D eigenvalue weighted by atomic mass is 9.50. The molecule has 2 fully saturated rings. The number of allylic oxidation sites excluding steroid dienone is 4. The van der Waals surface area contributed by atoms with Crippen LogP contribution in [-0.2, 0) is 21.6 Å². The Bertz CT molecular complexity index is 1650. The number of hydrogen-bond donors (Lipinski definition) is 2. The maximum Gasteiger partial charge on any atom is 0.456 e. The summed E-state index contributed by atoms with van der Waals surface area (Å²) < 4.78 is 77.4. The maximum absolute atomic E-state index is 15.2. The smallest absolute Gasteiger partial charge is 0.444 e. The number of carbonyl (C=O) groups excluding carboxylic acids is 2. The van der Waals surface area contributed by atoms with E-state index in [1.165, 1.54) is 6.92 Å². The van der Waals surface area contributed by atoms with E-state index in [4.69, 9.17) is 4.74 Å². The number of ketones is 1. The number of fused-ring (bicyclic) bond motifs is 4. The van der Waals surface area contributed by atoms with Crippen LogP contribution in [0.1, 0.15) is 95.2 Å². The number of alkyl halides is 5. The van der Waals surface area contributed by atoms with E-state index >= 15 is 8.78 Å². The molecule has 4 aliphatic carbocycles. The highest BCUT2D eigenvalue weighted by molar-refractivity contribution is 5.93. The van der Waals surface area contributed by atoms with E-state index < -0.39 is 47.5 Å². The molecule has 48 heavy (non-hydrogen) atoms. The first kappa shape index (κ1) is 34.3. The second kappa shape index (κ2) is 11.8. The Labute approximate surface area is 277 Å². The second-order valence-corrected chi connectivity index (χ2v) is 15.2. The average molecular weight is 672 g/mol. The Morgan fingerprint density at radius 1 is 0.958 bits per heavy atom. The van der Waals surface area contributed by atoms with Gasteiger partial charge in [0.2, 0.25) is 0 Å². The van der Waals surface area contributed by atoms with Crippen LogP contribution in [0.15, 0.2) is 71.3 Å². The fourth-order valence-corrected chi connectivity index (χ4v) is 8.92. The van der Waals surface area contributed by atoms with Crippen molar-refractivity contribution in [1.82, 2.24) is 0 Å². The monoisotopic (exact) mass is 671 g/mol. The van der Waals surface area contributed by atoms with Crippen molar-refractivity contribution in [1.29, 1.82) is 0 Å². The normalized spacial score (nSPS) is 29.1. The molecule has 6 rings (SSSR count). The van der Waals surface area contributed by atoms with Crippen LogP contribution in [0.25, 0.3) is 0 Å². The molecule has 4 aliphatic rings. The third-order valence-electron chi connectivity index (χ3n) is 11.5. The van der Waals surface area contributed by atoms with Crippen LogP contribution in [0.2, 0.25) is 0 Å². The van der Waals surface area contributed by atoms with E-state index in [2.05, 4.69) is 26.1 Å². The highest BCUT2D eigenvalue weighted by atomic mass is 19.4. The van der Waals surface area contributed by atoms with E-state index in [1.54, 1.807) is 42.5 Å². The molecule has 5 nitrogen and oxygen atoms in total. The highest BCUT2D eigenvalue weighted by Crippen LogP contribution is 2.70. The van der Waals surface area contributed by atoms with Crippen LogP contribution in [0.3, 0.4) is 0 Å². The van der Waals surface area contributed by atoms with Crippen molar-refractivity contribution < 1.29 is 41.4 Å². The van der Waals surface area contributed by atoms with Gasteiger partial charge in [-0.2, -0.15) is 22.0 Å². The van der Waals surface area contributed by atoms with Crippen LogP contribution >= 0.6 is 0 Å². The number of nitrogens with one attached hydrogen (secondary N) is 1. The summed E-state index contributed by atoms with van der Waals surface area (Å²) >= 11 is 0. The largest absolute Gasteiger partial charge is 0.456 e. The summed E-state index contributed by atoms with van der Waals surface area (Å²) in [5.41, 5.74) is 1.02. The molecule has 2 unspecified atom stereocenters. The number of hydrogen-bond acceptors (Lipinski definition) is 4. The molecule has 1 amide bonds. The minimum atomic E-state index is -5.90. The number of amides is 1. The quantitative estimate of drug-likeness (QED) is 0.311. The standard InChI is InChI=1S/C38H42F5NO4/c1-34(2,3)25-10-12-26(13-11-25)44-33(46)48-21-22-5-7-23(8-6-22)30-20-35(4)31(17-18-36(35,47)37(39,40)38(41,42)43)29-15-9-24-19-27(45)14-16-28(24)32(29)30/h5-8,10-13,19,29-31,47H,9,14-18,20-21H2,1-4H3,(H,44,46)/t29?,30-,31?,35+,36+/m1/s1. The molecular formula is C38H42F5NO4. The predicted molar refractivity (Wildman–Crippen MR) is 172 cm³/mol. The van der Waals surface area contributed by atoms with Gasteiger partial charge in [0, 0.05) is 23.4 Å². The number of halogens is 5. The Hall–Kier alpha value is -3.53. The van der Waals surface area contributed by atoms with Crippen molar-refractivity contribution in [2.24, 2.45) is 17.3 Å². The number of anilines is 1. The number of ether oxygens (including phenoxy) is 1. The Balaban J connectivity index is 1.27. The Morgan fingerprint density at radius 3 is 2.25 bits per heavy atom. The molecule has 0 aliphatic heterocycles. The van der Waals surface area contributed by atoms with Gasteiger partial charge in [-0.1, -0.05) is 69.7 Å². The molecule has 2 saturated carbocycles. The molecule has 0 spiro atoms. The lowest BCUT2D eigenvalue weighted by Gasteiger charge is -2.56. The topological polar surface area (TPSA) is 75.6 Å². The van der Waals surface area contributed by atoms with Crippen LogP contribution in [0.5, 0.6) is 0 Å². The number of rotatable bonds is 5. The van der Waals surface area contributed by atoms with E-state index in [0.717, 1.165) is 27.8 Å². The van der Waals surface area contributed by atoms with Crippen molar-refractivity contribution in [3.63, 3.8) is 0 Å². The average Bonchev–Trinajstić information content (AvgIpc) is 3.30. The first-order chi connectivity index (χ1) is 22.4. The summed E-state index contributed by atoms with van der Waals surface area (Å²) in [5.74, 6) is -6.65. The lowest BCUT2D eigenvalue weighted by molar-refractivity contribution is -0.362. The van der Waals surface area contributed by atoms with Gasteiger partial charge in [-0.05, 0) is 102 Å². The number of benzene rings is 2. The molecule has 0 heterocycles. The van der Waals surface area contributed by atoms with Gasteiger partial charge >= 0.3 is 18.2 Å². The van der Waals surface area contributed by atoms with Crippen molar-refractivity contribution >= 4 is 17.6 Å². The van der Waals surface area contributed by atoms with E-state index in [9.17, 15) is 27.9 Å². The minimum absolute atomic E-state index is 0.0281. The fourth-order valence-electron chi connectivity index (χ4n) is 8.92.